The van der Waals surface area contributed by atoms with Crippen LogP contribution in [-0.4, -0.2) is 26.4 Å². The Morgan fingerprint density at radius 2 is 1.42 bits per heavy atom. The first-order valence-electron chi connectivity index (χ1n) is 6.69. The number of benzene rings is 1. The van der Waals surface area contributed by atoms with E-state index in [4.69, 9.17) is 18.9 Å². The van der Waals surface area contributed by atoms with Gasteiger partial charge in [0.2, 0.25) is 5.75 Å². The summed E-state index contributed by atoms with van der Waals surface area (Å²) in [6.45, 7) is 12.1. The number of ether oxygens (including phenoxy) is 4. The summed E-state index contributed by atoms with van der Waals surface area (Å²) >= 11 is 0. The number of rotatable bonds is 9. The minimum atomic E-state index is 0.432. The molecule has 0 aliphatic carbocycles. The summed E-state index contributed by atoms with van der Waals surface area (Å²) in [5.74, 6) is 2.04. The second kappa shape index (κ2) is 8.64. The molecule has 0 atom stereocenters. The third-order valence-electron chi connectivity index (χ3n) is 2.38. The van der Waals surface area contributed by atoms with Crippen molar-refractivity contribution in [2.75, 3.05) is 26.4 Å². The van der Waals surface area contributed by atoms with Crippen LogP contribution in [0.15, 0.2) is 12.1 Å². The van der Waals surface area contributed by atoms with Gasteiger partial charge >= 0.3 is 0 Å². The third kappa shape index (κ3) is 4.63. The Morgan fingerprint density at radius 1 is 0.895 bits per heavy atom. The molecule has 1 aromatic carbocycles. The van der Waals surface area contributed by atoms with Gasteiger partial charge in [0, 0.05) is 6.61 Å². The van der Waals surface area contributed by atoms with Gasteiger partial charge in [0.15, 0.2) is 11.5 Å². The van der Waals surface area contributed by atoms with E-state index in [9.17, 15) is 0 Å². The fourth-order valence-electron chi connectivity index (χ4n) is 1.72. The molecule has 4 nitrogen and oxygen atoms in total. The van der Waals surface area contributed by atoms with Gasteiger partial charge < -0.3 is 18.9 Å². The molecule has 0 aliphatic heterocycles. The van der Waals surface area contributed by atoms with E-state index in [0.717, 1.165) is 5.56 Å². The van der Waals surface area contributed by atoms with Gasteiger partial charge in [-0.3, -0.25) is 0 Å². The van der Waals surface area contributed by atoms with Crippen molar-refractivity contribution in [3.05, 3.63) is 24.6 Å². The first kappa shape index (κ1) is 15.6. The Hall–Kier alpha value is -1.42. The van der Waals surface area contributed by atoms with Crippen LogP contribution in [0.5, 0.6) is 17.2 Å². The van der Waals surface area contributed by atoms with E-state index in [2.05, 4.69) is 6.92 Å². The van der Waals surface area contributed by atoms with Crippen molar-refractivity contribution in [1.29, 1.82) is 0 Å². The summed E-state index contributed by atoms with van der Waals surface area (Å²) in [5, 5.41) is 0. The van der Waals surface area contributed by atoms with E-state index >= 15 is 0 Å². The second-order valence-corrected chi connectivity index (χ2v) is 3.77. The van der Waals surface area contributed by atoms with E-state index in [1.165, 1.54) is 0 Å². The Kier molecular flexibility index (Phi) is 7.11. The molecule has 19 heavy (non-hydrogen) atoms. The first-order valence-corrected chi connectivity index (χ1v) is 6.69. The minimum Gasteiger partial charge on any atom is -0.490 e. The molecule has 0 bridgehead atoms. The van der Waals surface area contributed by atoms with Gasteiger partial charge in [-0.05, 0) is 45.4 Å². The van der Waals surface area contributed by atoms with Gasteiger partial charge in [0.25, 0.3) is 0 Å². The van der Waals surface area contributed by atoms with Gasteiger partial charge in [0.05, 0.1) is 26.4 Å². The van der Waals surface area contributed by atoms with E-state index in [0.29, 0.717) is 50.3 Å². The summed E-state index contributed by atoms with van der Waals surface area (Å²) in [4.78, 5) is 0. The van der Waals surface area contributed by atoms with Crippen molar-refractivity contribution in [3.63, 3.8) is 0 Å². The second-order valence-electron chi connectivity index (χ2n) is 3.77. The van der Waals surface area contributed by atoms with Gasteiger partial charge in [0.1, 0.15) is 0 Å². The molecule has 107 valence electrons. The summed E-state index contributed by atoms with van der Waals surface area (Å²) in [5.41, 5.74) is 0.985. The molecule has 4 heteroatoms. The molecule has 0 spiro atoms. The van der Waals surface area contributed by atoms with Crippen LogP contribution in [-0.2, 0) is 11.3 Å². The maximum absolute atomic E-state index is 5.63. The van der Waals surface area contributed by atoms with Gasteiger partial charge in [-0.25, -0.2) is 0 Å². The summed E-state index contributed by atoms with van der Waals surface area (Å²) < 4.78 is 22.2. The van der Waals surface area contributed by atoms with Crippen LogP contribution in [0.25, 0.3) is 0 Å². The van der Waals surface area contributed by atoms with Crippen molar-refractivity contribution in [3.8, 4) is 17.2 Å². The molecular weight excluding hydrogens is 244 g/mol. The molecule has 1 radical (unpaired) electrons. The van der Waals surface area contributed by atoms with Crippen molar-refractivity contribution in [2.24, 2.45) is 0 Å². The quantitative estimate of drug-likeness (QED) is 0.688. The van der Waals surface area contributed by atoms with E-state index in [1.54, 1.807) is 0 Å². The largest absolute Gasteiger partial charge is 0.490 e. The maximum atomic E-state index is 5.63. The van der Waals surface area contributed by atoms with Crippen LogP contribution >= 0.6 is 0 Å². The fraction of sp³-hybridized carbons (Fsp3) is 0.533. The fourth-order valence-corrected chi connectivity index (χ4v) is 1.72. The molecule has 0 unspecified atom stereocenters. The lowest BCUT2D eigenvalue weighted by Crippen LogP contribution is -2.04. The van der Waals surface area contributed by atoms with Crippen LogP contribution < -0.4 is 14.2 Å². The number of hydrogen-bond acceptors (Lipinski definition) is 4. The van der Waals surface area contributed by atoms with Gasteiger partial charge in [-0.2, -0.15) is 0 Å². The number of hydrogen-bond donors (Lipinski definition) is 0. The van der Waals surface area contributed by atoms with Crippen LogP contribution in [0.4, 0.5) is 0 Å². The molecule has 0 heterocycles. The van der Waals surface area contributed by atoms with E-state index < -0.39 is 0 Å². The monoisotopic (exact) mass is 267 g/mol. The summed E-state index contributed by atoms with van der Waals surface area (Å²) in [6, 6.07) is 3.85. The molecular formula is C15H23O4. The molecule has 0 saturated carbocycles. The van der Waals surface area contributed by atoms with Gasteiger partial charge in [-0.15, -0.1) is 0 Å². The normalized spacial score (nSPS) is 10.3. The zero-order valence-electron chi connectivity index (χ0n) is 12.0. The Bertz CT molecular complexity index is 349. The average molecular weight is 267 g/mol. The average Bonchev–Trinajstić information content (AvgIpc) is 2.40. The highest BCUT2D eigenvalue weighted by atomic mass is 16.5. The van der Waals surface area contributed by atoms with Crippen LogP contribution in [0.1, 0.15) is 26.3 Å². The lowest BCUT2D eigenvalue weighted by Gasteiger charge is -2.17. The Morgan fingerprint density at radius 3 is 1.84 bits per heavy atom. The molecule has 0 N–H and O–H groups in total. The smallest absolute Gasteiger partial charge is 0.203 e. The first-order chi connectivity index (χ1) is 9.26. The van der Waals surface area contributed by atoms with Crippen LogP contribution in [0.2, 0.25) is 0 Å². The SMILES string of the molecule is [CH2]COCc1cc(OCC)c(OCC)c(OCC)c1. The lowest BCUT2D eigenvalue weighted by molar-refractivity contribution is 0.146. The van der Waals surface area contributed by atoms with Crippen LogP contribution in [0.3, 0.4) is 0 Å². The zero-order chi connectivity index (χ0) is 14.1. The van der Waals surface area contributed by atoms with Crippen molar-refractivity contribution in [2.45, 2.75) is 27.4 Å². The highest BCUT2D eigenvalue weighted by molar-refractivity contribution is 5.53. The molecule has 0 aromatic heterocycles. The summed E-state index contributed by atoms with van der Waals surface area (Å²) in [7, 11) is 0. The highest BCUT2D eigenvalue weighted by Gasteiger charge is 2.14. The maximum Gasteiger partial charge on any atom is 0.203 e. The summed E-state index contributed by atoms with van der Waals surface area (Å²) in [6.07, 6.45) is 0. The van der Waals surface area contributed by atoms with E-state index in [-0.39, 0.29) is 0 Å². The van der Waals surface area contributed by atoms with Crippen molar-refractivity contribution < 1.29 is 18.9 Å². The minimum absolute atomic E-state index is 0.432. The highest BCUT2D eigenvalue weighted by Crippen LogP contribution is 2.39. The molecule has 1 aromatic rings. The van der Waals surface area contributed by atoms with E-state index in [1.807, 2.05) is 32.9 Å². The lowest BCUT2D eigenvalue weighted by atomic mass is 10.2. The van der Waals surface area contributed by atoms with Crippen molar-refractivity contribution in [1.82, 2.24) is 0 Å². The predicted octanol–water partition coefficient (Wildman–Crippen LogP) is 3.23. The Balaban J connectivity index is 3.09. The molecule has 0 saturated heterocycles. The predicted molar refractivity (Wildman–Crippen MR) is 75.0 cm³/mol. The van der Waals surface area contributed by atoms with Crippen molar-refractivity contribution >= 4 is 0 Å². The standard InChI is InChI=1S/C15H23O4/c1-5-16-11-12-9-13(17-6-2)15(19-8-4)14(10-12)18-7-3/h9-10H,1,5-8,11H2,2-4H3. The van der Waals surface area contributed by atoms with Crippen LogP contribution in [0, 0.1) is 6.92 Å². The molecule has 0 amide bonds. The Labute approximate surface area is 115 Å². The zero-order valence-corrected chi connectivity index (χ0v) is 12.0. The molecule has 0 fully saturated rings. The molecule has 0 aliphatic rings. The third-order valence-corrected chi connectivity index (χ3v) is 2.38. The topological polar surface area (TPSA) is 36.9 Å². The van der Waals surface area contributed by atoms with Gasteiger partial charge in [-0.1, -0.05) is 0 Å². The molecule has 1 rings (SSSR count).